The lowest BCUT2D eigenvalue weighted by molar-refractivity contribution is 0.625. The van der Waals surface area contributed by atoms with Crippen molar-refractivity contribution >= 4 is 34.1 Å². The van der Waals surface area contributed by atoms with E-state index in [2.05, 4.69) is 15.0 Å². The summed E-state index contributed by atoms with van der Waals surface area (Å²) in [5.41, 5.74) is 8.28. The summed E-state index contributed by atoms with van der Waals surface area (Å²) < 4.78 is 15.2. The second-order valence-corrected chi connectivity index (χ2v) is 7.47. The van der Waals surface area contributed by atoms with Gasteiger partial charge in [-0.1, -0.05) is 12.1 Å². The van der Waals surface area contributed by atoms with Crippen molar-refractivity contribution in [3.63, 3.8) is 0 Å². The molecule has 1 fully saturated rings. The van der Waals surface area contributed by atoms with Crippen LogP contribution < -0.4 is 10.6 Å². The van der Waals surface area contributed by atoms with Crippen molar-refractivity contribution in [3.05, 3.63) is 47.6 Å². The Kier molecular flexibility index (Phi) is 3.78. The Balaban J connectivity index is 1.76. The molecule has 0 atom stereocenters. The SMILES string of the molecule is Nc1c2c(-c3cccs3)nc(N3CCCC3)nc2nn1-c1cccc(F)c1. The fourth-order valence-corrected chi connectivity index (χ4v) is 4.18. The summed E-state index contributed by atoms with van der Waals surface area (Å²) in [6.45, 7) is 1.88. The van der Waals surface area contributed by atoms with E-state index in [-0.39, 0.29) is 5.82 Å². The molecule has 1 aromatic carbocycles. The van der Waals surface area contributed by atoms with Crippen LogP contribution in [0.15, 0.2) is 41.8 Å². The van der Waals surface area contributed by atoms with Crippen molar-refractivity contribution in [2.45, 2.75) is 12.8 Å². The average molecular weight is 380 g/mol. The van der Waals surface area contributed by atoms with Crippen LogP contribution in [0.5, 0.6) is 0 Å². The molecule has 6 nitrogen and oxygen atoms in total. The molecule has 5 rings (SSSR count). The summed E-state index contributed by atoms with van der Waals surface area (Å²) in [6.07, 6.45) is 2.27. The molecule has 3 aromatic heterocycles. The first-order valence-electron chi connectivity index (χ1n) is 8.82. The van der Waals surface area contributed by atoms with Crippen molar-refractivity contribution < 1.29 is 4.39 Å². The van der Waals surface area contributed by atoms with E-state index in [0.717, 1.165) is 36.5 Å². The van der Waals surface area contributed by atoms with E-state index in [9.17, 15) is 4.39 Å². The minimum Gasteiger partial charge on any atom is -0.383 e. The summed E-state index contributed by atoms with van der Waals surface area (Å²) in [5, 5.41) is 7.28. The Labute approximate surface area is 159 Å². The van der Waals surface area contributed by atoms with Crippen LogP contribution in [0.2, 0.25) is 0 Å². The maximum atomic E-state index is 13.7. The van der Waals surface area contributed by atoms with Gasteiger partial charge < -0.3 is 10.6 Å². The molecular formula is C19H17FN6S. The van der Waals surface area contributed by atoms with Crippen LogP contribution in [-0.2, 0) is 0 Å². The first kappa shape index (κ1) is 16.2. The molecule has 27 heavy (non-hydrogen) atoms. The molecule has 1 aliphatic rings. The summed E-state index contributed by atoms with van der Waals surface area (Å²) in [5.74, 6) is 0.744. The Morgan fingerprint density at radius 2 is 1.93 bits per heavy atom. The van der Waals surface area contributed by atoms with Gasteiger partial charge in [0.05, 0.1) is 21.6 Å². The van der Waals surface area contributed by atoms with Crippen LogP contribution in [0, 0.1) is 5.82 Å². The summed E-state index contributed by atoms with van der Waals surface area (Å²) in [6, 6.07) is 10.2. The van der Waals surface area contributed by atoms with E-state index in [1.54, 1.807) is 23.5 Å². The van der Waals surface area contributed by atoms with Gasteiger partial charge in [-0.15, -0.1) is 16.4 Å². The molecule has 0 bridgehead atoms. The van der Waals surface area contributed by atoms with Crippen molar-refractivity contribution in [1.29, 1.82) is 0 Å². The summed E-state index contributed by atoms with van der Waals surface area (Å²) in [7, 11) is 0. The first-order valence-corrected chi connectivity index (χ1v) is 9.70. The summed E-state index contributed by atoms with van der Waals surface area (Å²) >= 11 is 1.60. The van der Waals surface area contributed by atoms with Gasteiger partial charge in [0.2, 0.25) is 5.95 Å². The lowest BCUT2D eigenvalue weighted by Gasteiger charge is -2.15. The number of aromatic nitrogens is 4. The third-order valence-electron chi connectivity index (χ3n) is 4.75. The standard InChI is InChI=1S/C19H17FN6S/c20-12-5-3-6-13(11-12)26-17(21)15-16(14-7-4-10-27-14)22-19(23-18(15)24-26)25-8-1-2-9-25/h3-7,10-11H,1-2,8-9,21H2. The highest BCUT2D eigenvalue weighted by atomic mass is 32.1. The highest BCUT2D eigenvalue weighted by Crippen LogP contribution is 2.35. The maximum absolute atomic E-state index is 13.7. The smallest absolute Gasteiger partial charge is 0.228 e. The minimum atomic E-state index is -0.339. The molecule has 8 heteroatoms. The molecule has 4 heterocycles. The molecule has 0 saturated carbocycles. The molecule has 1 aliphatic heterocycles. The highest BCUT2D eigenvalue weighted by molar-refractivity contribution is 7.13. The van der Waals surface area contributed by atoms with Gasteiger partial charge in [0.1, 0.15) is 11.6 Å². The predicted octanol–water partition coefficient (Wildman–Crippen LogP) is 3.87. The Hall–Kier alpha value is -3.00. The van der Waals surface area contributed by atoms with E-state index in [0.29, 0.717) is 28.5 Å². The number of nitrogens with zero attached hydrogens (tertiary/aromatic N) is 5. The Morgan fingerprint density at radius 1 is 1.07 bits per heavy atom. The van der Waals surface area contributed by atoms with E-state index >= 15 is 0 Å². The lowest BCUT2D eigenvalue weighted by Crippen LogP contribution is -2.20. The third kappa shape index (κ3) is 2.73. The number of hydrogen-bond donors (Lipinski definition) is 1. The zero-order valence-electron chi connectivity index (χ0n) is 14.5. The fraction of sp³-hybridized carbons (Fsp3) is 0.211. The van der Waals surface area contributed by atoms with E-state index in [1.165, 1.54) is 16.8 Å². The van der Waals surface area contributed by atoms with Crippen molar-refractivity contribution in [2.24, 2.45) is 0 Å². The van der Waals surface area contributed by atoms with Gasteiger partial charge in [-0.25, -0.2) is 14.1 Å². The molecule has 4 aromatic rings. The minimum absolute atomic E-state index is 0.339. The van der Waals surface area contributed by atoms with Gasteiger partial charge in [0, 0.05) is 13.1 Å². The number of halogens is 1. The molecule has 0 unspecified atom stereocenters. The van der Waals surface area contributed by atoms with Gasteiger partial charge in [0.15, 0.2) is 5.65 Å². The number of thiophene rings is 1. The molecule has 0 spiro atoms. The van der Waals surface area contributed by atoms with Crippen LogP contribution in [0.3, 0.4) is 0 Å². The van der Waals surface area contributed by atoms with Crippen LogP contribution in [0.1, 0.15) is 12.8 Å². The first-order chi connectivity index (χ1) is 13.2. The maximum Gasteiger partial charge on any atom is 0.228 e. The quantitative estimate of drug-likeness (QED) is 0.584. The van der Waals surface area contributed by atoms with Crippen molar-refractivity contribution in [1.82, 2.24) is 19.7 Å². The van der Waals surface area contributed by atoms with Crippen LogP contribution in [-0.4, -0.2) is 32.8 Å². The Morgan fingerprint density at radius 3 is 2.67 bits per heavy atom. The summed E-state index contributed by atoms with van der Waals surface area (Å²) in [4.78, 5) is 12.7. The molecule has 1 saturated heterocycles. The van der Waals surface area contributed by atoms with Crippen LogP contribution >= 0.6 is 11.3 Å². The van der Waals surface area contributed by atoms with Gasteiger partial charge in [-0.3, -0.25) is 0 Å². The third-order valence-corrected chi connectivity index (χ3v) is 5.63. The van der Waals surface area contributed by atoms with Crippen molar-refractivity contribution in [3.8, 4) is 16.3 Å². The molecule has 2 N–H and O–H groups in total. The van der Waals surface area contributed by atoms with E-state index in [1.807, 2.05) is 17.5 Å². The number of benzene rings is 1. The topological polar surface area (TPSA) is 72.9 Å². The molecule has 0 amide bonds. The number of rotatable bonds is 3. The van der Waals surface area contributed by atoms with E-state index in [4.69, 9.17) is 10.7 Å². The molecular weight excluding hydrogens is 363 g/mol. The normalized spacial score (nSPS) is 14.3. The van der Waals surface area contributed by atoms with Gasteiger partial charge in [-0.2, -0.15) is 4.98 Å². The number of nitrogens with two attached hydrogens (primary N) is 1. The fourth-order valence-electron chi connectivity index (χ4n) is 3.45. The second kappa shape index (κ2) is 6.31. The number of fused-ring (bicyclic) bond motifs is 1. The lowest BCUT2D eigenvalue weighted by atomic mass is 10.2. The zero-order valence-corrected chi connectivity index (χ0v) is 15.3. The van der Waals surface area contributed by atoms with Crippen LogP contribution in [0.25, 0.3) is 27.3 Å². The molecule has 136 valence electrons. The number of anilines is 2. The van der Waals surface area contributed by atoms with Gasteiger partial charge >= 0.3 is 0 Å². The highest BCUT2D eigenvalue weighted by Gasteiger charge is 2.23. The van der Waals surface area contributed by atoms with Crippen molar-refractivity contribution in [2.75, 3.05) is 23.7 Å². The number of nitrogen functional groups attached to an aromatic ring is 1. The van der Waals surface area contributed by atoms with Crippen LogP contribution in [0.4, 0.5) is 16.2 Å². The van der Waals surface area contributed by atoms with Gasteiger partial charge in [0.25, 0.3) is 0 Å². The Bertz CT molecular complexity index is 1110. The number of hydrogen-bond acceptors (Lipinski definition) is 6. The largest absolute Gasteiger partial charge is 0.383 e. The molecule has 0 aliphatic carbocycles. The monoisotopic (exact) mass is 380 g/mol. The van der Waals surface area contributed by atoms with E-state index < -0.39 is 0 Å². The molecule has 0 radical (unpaired) electrons. The zero-order chi connectivity index (χ0) is 18.4. The van der Waals surface area contributed by atoms with Gasteiger partial charge in [-0.05, 0) is 42.5 Å². The second-order valence-electron chi connectivity index (χ2n) is 6.52. The average Bonchev–Trinajstić information content (AvgIpc) is 3.43. The predicted molar refractivity (Wildman–Crippen MR) is 106 cm³/mol.